The minimum Gasteiger partial charge on any atom is -0.465 e. The van der Waals surface area contributed by atoms with Gasteiger partial charge in [0.2, 0.25) is 0 Å². The van der Waals surface area contributed by atoms with E-state index in [2.05, 4.69) is 13.8 Å². The van der Waals surface area contributed by atoms with Crippen molar-refractivity contribution in [2.24, 2.45) is 0 Å². The minimum atomic E-state index is -0.221. The first kappa shape index (κ1) is 36.3. The van der Waals surface area contributed by atoms with Crippen LogP contribution in [-0.2, 0) is 19.1 Å². The van der Waals surface area contributed by atoms with Crippen LogP contribution in [0.3, 0.4) is 0 Å². The molecule has 0 bridgehead atoms. The Bertz CT molecular complexity index is 441. The molecule has 0 amide bonds. The molecule has 0 aromatic rings. The average Bonchev–Trinajstić information content (AvgIpc) is 2.89. The second-order valence-electron chi connectivity index (χ2n) is 10.7. The van der Waals surface area contributed by atoms with Gasteiger partial charge in [0.1, 0.15) is 0 Å². The van der Waals surface area contributed by atoms with E-state index in [0.717, 1.165) is 25.7 Å². The highest BCUT2D eigenvalue weighted by Gasteiger charge is 2.07. The maximum Gasteiger partial charge on any atom is 0.315 e. The fourth-order valence-corrected chi connectivity index (χ4v) is 5.16. The van der Waals surface area contributed by atoms with E-state index < -0.39 is 0 Å². The number of thioether (sulfide) groups is 1. The van der Waals surface area contributed by atoms with E-state index in [1.165, 1.54) is 140 Å². The Labute approximate surface area is 235 Å². The molecule has 0 aliphatic heterocycles. The first-order valence-electron chi connectivity index (χ1n) is 16.1. The van der Waals surface area contributed by atoms with Gasteiger partial charge in [-0.2, -0.15) is 0 Å². The number of ether oxygens (including phenoxy) is 2. The molecule has 0 N–H and O–H groups in total. The third-order valence-corrected chi connectivity index (χ3v) is 7.84. The van der Waals surface area contributed by atoms with Crippen molar-refractivity contribution in [3.05, 3.63) is 0 Å². The molecule has 0 rings (SSSR count). The van der Waals surface area contributed by atoms with Crippen LogP contribution >= 0.6 is 11.8 Å². The lowest BCUT2D eigenvalue weighted by Crippen LogP contribution is -2.13. The Kier molecular flexibility index (Phi) is 30.9. The lowest BCUT2D eigenvalue weighted by atomic mass is 10.1. The van der Waals surface area contributed by atoms with E-state index in [0.29, 0.717) is 13.2 Å². The van der Waals surface area contributed by atoms with Crippen molar-refractivity contribution >= 4 is 23.7 Å². The Hall–Kier alpha value is -0.710. The molecule has 37 heavy (non-hydrogen) atoms. The van der Waals surface area contributed by atoms with E-state index in [-0.39, 0.29) is 23.4 Å². The predicted molar refractivity (Wildman–Crippen MR) is 161 cm³/mol. The molecule has 0 saturated carbocycles. The lowest BCUT2D eigenvalue weighted by molar-refractivity contribution is -0.140. The highest BCUT2D eigenvalue weighted by Crippen LogP contribution is 2.13. The van der Waals surface area contributed by atoms with Crippen LogP contribution in [0.1, 0.15) is 168 Å². The normalized spacial score (nSPS) is 11.1. The zero-order valence-corrected chi connectivity index (χ0v) is 25.7. The lowest BCUT2D eigenvalue weighted by Gasteiger charge is -2.06. The number of unbranched alkanes of at least 4 members (excludes halogenated alkanes) is 22. The second kappa shape index (κ2) is 31.5. The molecule has 0 spiro atoms. The molecule has 5 heteroatoms. The Morgan fingerprint density at radius 3 is 0.919 bits per heavy atom. The zero-order valence-electron chi connectivity index (χ0n) is 24.8. The zero-order chi connectivity index (χ0) is 27.1. The van der Waals surface area contributed by atoms with Crippen LogP contribution in [0.2, 0.25) is 0 Å². The number of rotatable bonds is 30. The monoisotopic (exact) mass is 542 g/mol. The topological polar surface area (TPSA) is 52.6 Å². The highest BCUT2D eigenvalue weighted by atomic mass is 32.2. The molecule has 0 aromatic carbocycles. The van der Waals surface area contributed by atoms with Gasteiger partial charge in [0.05, 0.1) is 24.7 Å². The fourth-order valence-electron chi connectivity index (χ4n) is 4.56. The van der Waals surface area contributed by atoms with Gasteiger partial charge in [-0.1, -0.05) is 155 Å². The number of carbonyl (C=O) groups excluding carboxylic acids is 2. The van der Waals surface area contributed by atoms with Gasteiger partial charge >= 0.3 is 11.9 Å². The van der Waals surface area contributed by atoms with Crippen LogP contribution in [0, 0.1) is 0 Å². The fraction of sp³-hybridized carbons (Fsp3) is 0.938. The molecule has 0 unspecified atom stereocenters. The van der Waals surface area contributed by atoms with Crippen LogP contribution in [0.15, 0.2) is 0 Å². The standard InChI is InChI=1S/C32H62O4S/c1-3-5-7-9-11-13-15-17-19-21-23-25-27-35-31(33)29-37-30-32(34)36-28-26-24-22-20-18-16-14-12-10-8-6-4-2/h3-30H2,1-2H3. The van der Waals surface area contributed by atoms with Crippen molar-refractivity contribution in [3.63, 3.8) is 0 Å². The summed E-state index contributed by atoms with van der Waals surface area (Å²) in [6, 6.07) is 0. The number of hydrogen-bond acceptors (Lipinski definition) is 5. The summed E-state index contributed by atoms with van der Waals surface area (Å²) in [4.78, 5) is 23.6. The van der Waals surface area contributed by atoms with Gasteiger partial charge in [-0.15, -0.1) is 11.8 Å². The first-order valence-corrected chi connectivity index (χ1v) is 17.2. The molecule has 220 valence electrons. The summed E-state index contributed by atoms with van der Waals surface area (Å²) >= 11 is 1.29. The van der Waals surface area contributed by atoms with Gasteiger partial charge in [0, 0.05) is 0 Å². The van der Waals surface area contributed by atoms with Crippen molar-refractivity contribution < 1.29 is 19.1 Å². The molecule has 0 aliphatic rings. The quantitative estimate of drug-likeness (QED) is 0.0667. The van der Waals surface area contributed by atoms with Crippen molar-refractivity contribution in [2.75, 3.05) is 24.7 Å². The molecule has 0 aromatic heterocycles. The van der Waals surface area contributed by atoms with Gasteiger partial charge in [0.25, 0.3) is 0 Å². The van der Waals surface area contributed by atoms with Gasteiger partial charge < -0.3 is 9.47 Å². The summed E-state index contributed by atoms with van der Waals surface area (Å²) in [5.74, 6) is 0.0152. The molecule has 0 heterocycles. The molecule has 0 atom stereocenters. The minimum absolute atomic E-state index is 0.221. The van der Waals surface area contributed by atoms with Crippen molar-refractivity contribution in [2.45, 2.75) is 168 Å². The van der Waals surface area contributed by atoms with E-state index >= 15 is 0 Å². The van der Waals surface area contributed by atoms with Crippen LogP contribution in [0.25, 0.3) is 0 Å². The van der Waals surface area contributed by atoms with E-state index in [1.54, 1.807) is 0 Å². The van der Waals surface area contributed by atoms with E-state index in [9.17, 15) is 9.59 Å². The number of hydrogen-bond donors (Lipinski definition) is 0. The highest BCUT2D eigenvalue weighted by molar-refractivity contribution is 8.00. The summed E-state index contributed by atoms with van der Waals surface area (Å²) in [5, 5.41) is 0. The number of esters is 2. The third kappa shape index (κ3) is 31.4. The number of carbonyl (C=O) groups is 2. The molecule has 0 aliphatic carbocycles. The van der Waals surface area contributed by atoms with Crippen molar-refractivity contribution in [1.29, 1.82) is 0 Å². The first-order chi connectivity index (χ1) is 18.2. The van der Waals surface area contributed by atoms with Crippen LogP contribution in [-0.4, -0.2) is 36.7 Å². The maximum absolute atomic E-state index is 11.8. The van der Waals surface area contributed by atoms with Crippen LogP contribution in [0.5, 0.6) is 0 Å². The summed E-state index contributed by atoms with van der Waals surface area (Å²) in [6.45, 7) is 5.53. The molecular formula is C32H62O4S. The maximum atomic E-state index is 11.8. The van der Waals surface area contributed by atoms with E-state index in [4.69, 9.17) is 9.47 Å². The van der Waals surface area contributed by atoms with Gasteiger partial charge in [-0.3, -0.25) is 9.59 Å². The predicted octanol–water partition coefficient (Wildman–Crippen LogP) is 10.2. The van der Waals surface area contributed by atoms with Crippen LogP contribution in [0.4, 0.5) is 0 Å². The summed E-state index contributed by atoms with van der Waals surface area (Å²) in [7, 11) is 0. The van der Waals surface area contributed by atoms with E-state index in [1.807, 2.05) is 0 Å². The van der Waals surface area contributed by atoms with Crippen LogP contribution < -0.4 is 0 Å². The summed E-state index contributed by atoms with van der Waals surface area (Å²) < 4.78 is 10.6. The Balaban J connectivity index is 3.27. The molecule has 0 fully saturated rings. The summed E-state index contributed by atoms with van der Waals surface area (Å²) in [6.07, 6.45) is 31.1. The van der Waals surface area contributed by atoms with Crippen molar-refractivity contribution in [1.82, 2.24) is 0 Å². The van der Waals surface area contributed by atoms with Gasteiger partial charge in [-0.05, 0) is 12.8 Å². The SMILES string of the molecule is CCCCCCCCCCCCCCOC(=O)CSCC(=O)OCCCCCCCCCCCCCC. The molecular weight excluding hydrogens is 480 g/mol. The smallest absolute Gasteiger partial charge is 0.315 e. The van der Waals surface area contributed by atoms with Gasteiger partial charge in [-0.25, -0.2) is 0 Å². The Morgan fingerprint density at radius 2 is 0.649 bits per heavy atom. The third-order valence-electron chi connectivity index (χ3n) is 6.96. The van der Waals surface area contributed by atoms with Crippen molar-refractivity contribution in [3.8, 4) is 0 Å². The molecule has 0 saturated heterocycles. The summed E-state index contributed by atoms with van der Waals surface area (Å²) in [5.41, 5.74) is 0. The second-order valence-corrected chi connectivity index (χ2v) is 11.7. The Morgan fingerprint density at radius 1 is 0.405 bits per heavy atom. The largest absolute Gasteiger partial charge is 0.465 e. The van der Waals surface area contributed by atoms with Gasteiger partial charge in [0.15, 0.2) is 0 Å². The molecule has 0 radical (unpaired) electrons. The molecule has 4 nitrogen and oxygen atoms in total. The average molecular weight is 543 g/mol.